The normalized spacial score (nSPS) is 15.2. The lowest BCUT2D eigenvalue weighted by Gasteiger charge is -2.31. The van der Waals surface area contributed by atoms with Crippen molar-refractivity contribution in [2.24, 2.45) is 0 Å². The monoisotopic (exact) mass is 282 g/mol. The van der Waals surface area contributed by atoms with Crippen molar-refractivity contribution >= 4 is 23.5 Å². The number of aryl methyl sites for hydroxylation is 1. The van der Waals surface area contributed by atoms with E-state index in [1.165, 1.54) is 4.90 Å². The number of carboxylic acid groups (broad SMARTS) is 1. The SMILES string of the molecule is Cc1nc(N2CCN(C(=O)O)CC2)nc([N+](=O)[O-])c1N. The van der Waals surface area contributed by atoms with Crippen LogP contribution >= 0.6 is 0 Å². The predicted octanol–water partition coefficient (Wildman–Crippen LogP) is 0.0754. The van der Waals surface area contributed by atoms with Gasteiger partial charge in [-0.05, 0) is 11.8 Å². The number of aromatic nitrogens is 2. The number of nitrogen functional groups attached to an aromatic ring is 1. The van der Waals surface area contributed by atoms with E-state index in [0.717, 1.165) is 0 Å². The Morgan fingerprint density at radius 2 is 1.95 bits per heavy atom. The molecule has 2 heterocycles. The van der Waals surface area contributed by atoms with Crippen molar-refractivity contribution in [3.8, 4) is 0 Å². The van der Waals surface area contributed by atoms with Gasteiger partial charge in [-0.1, -0.05) is 0 Å². The van der Waals surface area contributed by atoms with E-state index in [1.54, 1.807) is 11.8 Å². The number of rotatable bonds is 2. The Bertz CT molecular complexity index is 555. The maximum atomic E-state index is 10.9. The number of nitro groups is 1. The minimum absolute atomic E-state index is 0.0529. The van der Waals surface area contributed by atoms with Crippen molar-refractivity contribution in [3.05, 3.63) is 15.8 Å². The van der Waals surface area contributed by atoms with E-state index >= 15 is 0 Å². The summed E-state index contributed by atoms with van der Waals surface area (Å²) in [7, 11) is 0. The molecule has 0 aromatic carbocycles. The molecule has 0 radical (unpaired) electrons. The van der Waals surface area contributed by atoms with Gasteiger partial charge in [0.2, 0.25) is 0 Å². The van der Waals surface area contributed by atoms with Crippen LogP contribution in [0.25, 0.3) is 0 Å². The standard InChI is InChI=1S/C10H14N6O4/c1-6-7(11)8(16(19)20)13-9(12-6)14-2-4-15(5-3-14)10(17)18/h2-5,11H2,1H3,(H,17,18). The maximum absolute atomic E-state index is 10.9. The molecule has 0 bridgehead atoms. The van der Waals surface area contributed by atoms with Crippen molar-refractivity contribution in [1.29, 1.82) is 0 Å². The summed E-state index contributed by atoms with van der Waals surface area (Å²) in [6.45, 7) is 2.94. The fraction of sp³-hybridized carbons (Fsp3) is 0.500. The third-order valence-electron chi connectivity index (χ3n) is 3.11. The fourth-order valence-electron chi connectivity index (χ4n) is 1.93. The minimum atomic E-state index is -0.981. The fourth-order valence-corrected chi connectivity index (χ4v) is 1.93. The summed E-state index contributed by atoms with van der Waals surface area (Å²) in [5.41, 5.74) is 5.86. The molecule has 10 heteroatoms. The van der Waals surface area contributed by atoms with E-state index < -0.39 is 16.8 Å². The second-order valence-electron chi connectivity index (χ2n) is 4.36. The number of piperazine rings is 1. The molecule has 3 N–H and O–H groups in total. The molecule has 0 aliphatic carbocycles. The van der Waals surface area contributed by atoms with Crippen LogP contribution in [-0.4, -0.2) is 57.2 Å². The molecule has 0 unspecified atom stereocenters. The van der Waals surface area contributed by atoms with E-state index in [1.807, 2.05) is 0 Å². The highest BCUT2D eigenvalue weighted by Crippen LogP contribution is 2.24. The first kappa shape index (κ1) is 13.8. The molecule has 108 valence electrons. The summed E-state index contributed by atoms with van der Waals surface area (Å²) < 4.78 is 0. The number of amides is 1. The summed E-state index contributed by atoms with van der Waals surface area (Å²) >= 11 is 0. The van der Waals surface area contributed by atoms with Crippen LogP contribution in [0.2, 0.25) is 0 Å². The average Bonchev–Trinajstić information content (AvgIpc) is 2.41. The summed E-state index contributed by atoms with van der Waals surface area (Å²) in [6, 6.07) is 0. The van der Waals surface area contributed by atoms with Crippen LogP contribution < -0.4 is 10.6 Å². The van der Waals surface area contributed by atoms with Crippen LogP contribution in [0, 0.1) is 17.0 Å². The molecule has 0 spiro atoms. The van der Waals surface area contributed by atoms with Crippen LogP contribution in [0.3, 0.4) is 0 Å². The zero-order valence-electron chi connectivity index (χ0n) is 10.8. The predicted molar refractivity (Wildman–Crippen MR) is 69.6 cm³/mol. The zero-order chi connectivity index (χ0) is 14.9. The van der Waals surface area contributed by atoms with Crippen molar-refractivity contribution in [2.75, 3.05) is 36.8 Å². The highest BCUT2D eigenvalue weighted by Gasteiger charge is 2.27. The summed E-state index contributed by atoms with van der Waals surface area (Å²) in [5, 5.41) is 19.7. The van der Waals surface area contributed by atoms with Gasteiger partial charge in [0.15, 0.2) is 5.69 Å². The highest BCUT2D eigenvalue weighted by molar-refractivity contribution is 5.65. The second kappa shape index (κ2) is 5.15. The Hall–Kier alpha value is -2.65. The van der Waals surface area contributed by atoms with Crippen molar-refractivity contribution in [3.63, 3.8) is 0 Å². The third-order valence-corrected chi connectivity index (χ3v) is 3.11. The molecule has 2 rings (SSSR count). The van der Waals surface area contributed by atoms with Crippen LogP contribution in [-0.2, 0) is 0 Å². The molecule has 10 nitrogen and oxygen atoms in total. The first-order chi connectivity index (χ1) is 9.40. The van der Waals surface area contributed by atoms with E-state index in [0.29, 0.717) is 31.9 Å². The quantitative estimate of drug-likeness (QED) is 0.574. The minimum Gasteiger partial charge on any atom is -0.465 e. The lowest BCUT2D eigenvalue weighted by molar-refractivity contribution is -0.388. The van der Waals surface area contributed by atoms with E-state index in [-0.39, 0.29) is 11.6 Å². The molecule has 1 amide bonds. The molecule has 1 saturated heterocycles. The first-order valence-electron chi connectivity index (χ1n) is 5.91. The van der Waals surface area contributed by atoms with Crippen molar-refractivity contribution in [2.45, 2.75) is 6.92 Å². The molecule has 0 atom stereocenters. The molecule has 0 saturated carbocycles. The van der Waals surface area contributed by atoms with Gasteiger partial charge < -0.3 is 30.8 Å². The Morgan fingerprint density at radius 3 is 2.45 bits per heavy atom. The van der Waals surface area contributed by atoms with Crippen molar-refractivity contribution < 1.29 is 14.8 Å². The van der Waals surface area contributed by atoms with Gasteiger partial charge in [0.1, 0.15) is 0 Å². The first-order valence-corrected chi connectivity index (χ1v) is 5.91. The summed E-state index contributed by atoms with van der Waals surface area (Å²) in [5.74, 6) is -0.221. The Labute approximate surface area is 114 Å². The topological polar surface area (TPSA) is 139 Å². The number of anilines is 2. The average molecular weight is 282 g/mol. The highest BCUT2D eigenvalue weighted by atomic mass is 16.6. The maximum Gasteiger partial charge on any atom is 0.407 e. The molecule has 1 fully saturated rings. The lowest BCUT2D eigenvalue weighted by Crippen LogP contribution is -2.48. The largest absolute Gasteiger partial charge is 0.465 e. The van der Waals surface area contributed by atoms with Crippen LogP contribution in [0.5, 0.6) is 0 Å². The number of nitrogens with zero attached hydrogens (tertiary/aromatic N) is 5. The van der Waals surface area contributed by atoms with Crippen molar-refractivity contribution in [1.82, 2.24) is 14.9 Å². The molecule has 1 aliphatic heterocycles. The summed E-state index contributed by atoms with van der Waals surface area (Å²) in [4.78, 5) is 32.0. The lowest BCUT2D eigenvalue weighted by atomic mass is 10.3. The molecular formula is C10H14N6O4. The Balaban J connectivity index is 2.22. The van der Waals surface area contributed by atoms with Gasteiger partial charge in [-0.15, -0.1) is 0 Å². The third kappa shape index (κ3) is 2.53. The number of carbonyl (C=O) groups is 1. The van der Waals surface area contributed by atoms with Gasteiger partial charge >= 0.3 is 17.9 Å². The van der Waals surface area contributed by atoms with Gasteiger partial charge in [0, 0.05) is 31.2 Å². The zero-order valence-corrected chi connectivity index (χ0v) is 10.8. The van der Waals surface area contributed by atoms with E-state index in [9.17, 15) is 14.9 Å². The van der Waals surface area contributed by atoms with E-state index in [4.69, 9.17) is 10.8 Å². The van der Waals surface area contributed by atoms with Crippen LogP contribution in [0.1, 0.15) is 5.69 Å². The number of hydrogen-bond acceptors (Lipinski definition) is 7. The molecule has 1 aromatic rings. The van der Waals surface area contributed by atoms with Gasteiger partial charge in [-0.3, -0.25) is 0 Å². The Morgan fingerprint density at radius 1 is 1.35 bits per heavy atom. The van der Waals surface area contributed by atoms with Gasteiger partial charge in [0.25, 0.3) is 0 Å². The molecule has 1 aliphatic rings. The smallest absolute Gasteiger partial charge is 0.407 e. The van der Waals surface area contributed by atoms with Gasteiger partial charge in [0.05, 0.1) is 5.69 Å². The van der Waals surface area contributed by atoms with Crippen LogP contribution in [0.15, 0.2) is 0 Å². The summed E-state index contributed by atoms with van der Waals surface area (Å²) in [6.07, 6.45) is -0.981. The number of hydrogen-bond donors (Lipinski definition) is 2. The second-order valence-corrected chi connectivity index (χ2v) is 4.36. The molecule has 20 heavy (non-hydrogen) atoms. The Kier molecular flexibility index (Phi) is 3.55. The van der Waals surface area contributed by atoms with Gasteiger partial charge in [-0.2, -0.15) is 4.98 Å². The number of nitrogens with two attached hydrogens (primary N) is 1. The molecule has 1 aromatic heterocycles. The van der Waals surface area contributed by atoms with E-state index in [2.05, 4.69) is 9.97 Å². The van der Waals surface area contributed by atoms with Crippen LogP contribution in [0.4, 0.5) is 22.2 Å². The molecular weight excluding hydrogens is 268 g/mol. The van der Waals surface area contributed by atoms with Gasteiger partial charge in [-0.25, -0.2) is 4.79 Å².